The van der Waals surface area contributed by atoms with Crippen molar-refractivity contribution in [3.8, 4) is 0 Å². The molecule has 0 unspecified atom stereocenters. The summed E-state index contributed by atoms with van der Waals surface area (Å²) in [4.78, 5) is 0. The van der Waals surface area contributed by atoms with Crippen molar-refractivity contribution < 1.29 is 25.2 Å². The molecule has 0 aliphatic carbocycles. The molecule has 0 bridgehead atoms. The van der Waals surface area contributed by atoms with Gasteiger partial charge in [0.25, 0.3) is 0 Å². The summed E-state index contributed by atoms with van der Waals surface area (Å²) in [6.45, 7) is 1.73. The van der Waals surface area contributed by atoms with Crippen LogP contribution in [0.15, 0.2) is 0 Å². The minimum absolute atomic E-state index is 0. The van der Waals surface area contributed by atoms with E-state index in [0.29, 0.717) is 26.4 Å². The Morgan fingerprint density at radius 2 is 1.08 bits per heavy atom. The van der Waals surface area contributed by atoms with Crippen LogP contribution in [-0.4, -0.2) is 55.3 Å². The molecule has 7 N–H and O–H groups in total. The van der Waals surface area contributed by atoms with Crippen molar-refractivity contribution in [1.29, 1.82) is 0 Å². The van der Waals surface area contributed by atoms with Crippen molar-refractivity contribution in [3.63, 3.8) is 0 Å². The first-order valence-electron chi connectivity index (χ1n) is 3.29. The molecule has 0 aliphatic rings. The molecule has 0 heterocycles. The van der Waals surface area contributed by atoms with E-state index in [0.717, 1.165) is 0 Å². The highest BCUT2D eigenvalue weighted by molar-refractivity contribution is 4.30. The summed E-state index contributed by atoms with van der Waals surface area (Å²) >= 11 is 0. The van der Waals surface area contributed by atoms with E-state index in [1.807, 2.05) is 0 Å². The minimum Gasteiger partial charge on any atom is -0.412 e. The van der Waals surface area contributed by atoms with Crippen LogP contribution in [0.1, 0.15) is 0 Å². The maximum atomic E-state index is 8.26. The highest BCUT2D eigenvalue weighted by Crippen LogP contribution is 1.76. The normalized spacial score (nSPS) is 8.50. The Labute approximate surface area is 72.0 Å². The summed E-state index contributed by atoms with van der Waals surface area (Å²) in [7, 11) is 0. The zero-order valence-corrected chi connectivity index (χ0v) is 7.16. The summed E-state index contributed by atoms with van der Waals surface area (Å²) < 4.78 is 9.75. The van der Waals surface area contributed by atoms with Gasteiger partial charge in [0, 0.05) is 0 Å². The van der Waals surface area contributed by atoms with Gasteiger partial charge < -0.3 is 31.3 Å². The smallest absolute Gasteiger partial charge is 0.0701 e. The van der Waals surface area contributed by atoms with Gasteiger partial charge in [-0.3, -0.25) is 0 Å². The average Bonchev–Trinajstić information content (AvgIpc) is 1.97. The molecule has 6 heteroatoms. The molecule has 0 saturated heterocycles. The molecule has 78 valence electrons. The van der Waals surface area contributed by atoms with Crippen LogP contribution in [0.25, 0.3) is 0 Å². The van der Waals surface area contributed by atoms with Crippen molar-refractivity contribution in [2.45, 2.75) is 0 Å². The van der Waals surface area contributed by atoms with E-state index in [1.165, 1.54) is 0 Å². The number of hydrogen-bond donors (Lipinski definition) is 3. The molecule has 12 heavy (non-hydrogen) atoms. The van der Waals surface area contributed by atoms with Crippen molar-refractivity contribution in [1.82, 2.24) is 6.15 Å². The fraction of sp³-hybridized carbons (Fsp3) is 1.00. The van der Waals surface area contributed by atoms with Crippen molar-refractivity contribution in [2.75, 3.05) is 39.6 Å². The first-order valence-corrected chi connectivity index (χ1v) is 3.29. The second kappa shape index (κ2) is 17.0. The number of aliphatic hydroxyl groups is 2. The lowest BCUT2D eigenvalue weighted by Crippen LogP contribution is -2.09. The van der Waals surface area contributed by atoms with Gasteiger partial charge in [-0.2, -0.15) is 0 Å². The third-order valence-electron chi connectivity index (χ3n) is 0.843. The summed E-state index contributed by atoms with van der Waals surface area (Å²) in [5, 5.41) is 16.5. The van der Waals surface area contributed by atoms with Gasteiger partial charge in [-0.05, 0) is 0 Å². The van der Waals surface area contributed by atoms with Gasteiger partial charge in [-0.15, -0.1) is 0 Å². The van der Waals surface area contributed by atoms with E-state index in [9.17, 15) is 0 Å². The van der Waals surface area contributed by atoms with E-state index in [1.54, 1.807) is 0 Å². The lowest BCUT2D eigenvalue weighted by molar-refractivity contribution is 0.0222. The number of aliphatic hydroxyl groups excluding tert-OH is 2. The van der Waals surface area contributed by atoms with Crippen molar-refractivity contribution in [3.05, 3.63) is 0 Å². The van der Waals surface area contributed by atoms with Crippen LogP contribution in [0.5, 0.6) is 0 Å². The fourth-order valence-electron chi connectivity index (χ4n) is 0.451. The molecule has 0 aromatic rings. The third kappa shape index (κ3) is 16.4. The maximum Gasteiger partial charge on any atom is 0.0701 e. The number of rotatable bonds is 7. The van der Waals surface area contributed by atoms with Crippen LogP contribution in [-0.2, 0) is 9.47 Å². The van der Waals surface area contributed by atoms with Crippen LogP contribution in [0.2, 0.25) is 0 Å². The van der Waals surface area contributed by atoms with Gasteiger partial charge in [0.1, 0.15) is 0 Å². The fourth-order valence-corrected chi connectivity index (χ4v) is 0.451. The largest absolute Gasteiger partial charge is 0.412 e. The SMILES string of the molecule is N.O.OCCOCCOCCO. The topological polar surface area (TPSA) is 125 Å². The van der Waals surface area contributed by atoms with Crippen molar-refractivity contribution in [2.24, 2.45) is 0 Å². The van der Waals surface area contributed by atoms with Crippen LogP contribution in [0.3, 0.4) is 0 Å². The summed E-state index contributed by atoms with van der Waals surface area (Å²) in [5.74, 6) is 0. The predicted molar refractivity (Wildman–Crippen MR) is 44.4 cm³/mol. The zero-order chi connectivity index (χ0) is 7.66. The summed E-state index contributed by atoms with van der Waals surface area (Å²) in [6, 6.07) is 0. The maximum absolute atomic E-state index is 8.26. The Morgan fingerprint density at radius 3 is 1.33 bits per heavy atom. The van der Waals surface area contributed by atoms with Gasteiger partial charge >= 0.3 is 0 Å². The molecule has 0 amide bonds. The Hall–Kier alpha value is -0.240. The van der Waals surface area contributed by atoms with Crippen molar-refractivity contribution >= 4 is 0 Å². The molecule has 6 nitrogen and oxygen atoms in total. The van der Waals surface area contributed by atoms with E-state index in [2.05, 4.69) is 0 Å². The number of ether oxygens (including phenoxy) is 2. The molecule has 0 aliphatic heterocycles. The first-order chi connectivity index (χ1) is 4.91. The molecule has 0 rings (SSSR count). The van der Waals surface area contributed by atoms with Crippen LogP contribution >= 0.6 is 0 Å². The molecule has 0 radical (unpaired) electrons. The lowest BCUT2D eigenvalue weighted by Gasteiger charge is -2.01. The van der Waals surface area contributed by atoms with E-state index in [4.69, 9.17) is 19.7 Å². The number of hydrogen-bond acceptors (Lipinski definition) is 5. The van der Waals surface area contributed by atoms with E-state index >= 15 is 0 Å². The first kappa shape index (κ1) is 17.7. The van der Waals surface area contributed by atoms with Gasteiger partial charge in [0.2, 0.25) is 0 Å². The minimum atomic E-state index is 0. The standard InChI is InChI=1S/C6H14O4.H3N.H2O/c7-1-3-9-5-6-10-4-2-8;;/h7-8H,1-6H2;1H3;1H2. The predicted octanol–water partition coefficient (Wildman–Crippen LogP) is -1.66. The van der Waals surface area contributed by atoms with Crippen LogP contribution < -0.4 is 6.15 Å². The quantitative estimate of drug-likeness (QED) is 0.409. The van der Waals surface area contributed by atoms with Gasteiger partial charge in [0.15, 0.2) is 0 Å². The zero-order valence-electron chi connectivity index (χ0n) is 7.16. The summed E-state index contributed by atoms with van der Waals surface area (Å²) in [5.41, 5.74) is 0. The molecule has 0 spiro atoms. The van der Waals surface area contributed by atoms with E-state index in [-0.39, 0.29) is 24.8 Å². The van der Waals surface area contributed by atoms with Crippen LogP contribution in [0.4, 0.5) is 0 Å². The Morgan fingerprint density at radius 1 is 0.750 bits per heavy atom. The highest BCUT2D eigenvalue weighted by atomic mass is 16.5. The van der Waals surface area contributed by atoms with Crippen LogP contribution in [0, 0.1) is 0 Å². The second-order valence-corrected chi connectivity index (χ2v) is 1.67. The molecule has 0 aromatic carbocycles. The molecule has 0 aromatic heterocycles. The highest BCUT2D eigenvalue weighted by Gasteiger charge is 1.86. The monoisotopic (exact) mass is 185 g/mol. The Kier molecular flexibility index (Phi) is 25.2. The average molecular weight is 185 g/mol. The van der Waals surface area contributed by atoms with Gasteiger partial charge in [-0.1, -0.05) is 0 Å². The second-order valence-electron chi connectivity index (χ2n) is 1.67. The van der Waals surface area contributed by atoms with Gasteiger partial charge in [0.05, 0.1) is 39.6 Å². The molecule has 0 fully saturated rings. The molecule has 0 atom stereocenters. The van der Waals surface area contributed by atoms with Gasteiger partial charge in [-0.25, -0.2) is 0 Å². The Bertz CT molecular complexity index is 55.9. The molecular formula is C6H19NO5. The Balaban J connectivity index is -0.000000405. The van der Waals surface area contributed by atoms with E-state index < -0.39 is 0 Å². The molecule has 0 saturated carbocycles. The molecular weight excluding hydrogens is 166 g/mol. The summed E-state index contributed by atoms with van der Waals surface area (Å²) in [6.07, 6.45) is 0. The third-order valence-corrected chi connectivity index (χ3v) is 0.843. The lowest BCUT2D eigenvalue weighted by atomic mass is 10.7.